The maximum Gasteiger partial charge on any atom is 0.257 e. The van der Waals surface area contributed by atoms with E-state index in [0.29, 0.717) is 10.2 Å². The number of morpholine rings is 1. The van der Waals surface area contributed by atoms with Gasteiger partial charge in [-0.05, 0) is 51.1 Å². The second kappa shape index (κ2) is 9.93. The Morgan fingerprint density at radius 3 is 2.41 bits per heavy atom. The van der Waals surface area contributed by atoms with Crippen molar-refractivity contribution in [2.24, 2.45) is 0 Å². The van der Waals surface area contributed by atoms with Crippen molar-refractivity contribution in [2.45, 2.75) is 37.9 Å². The number of ether oxygens (including phenoxy) is 1. The Labute approximate surface area is 212 Å². The summed E-state index contributed by atoms with van der Waals surface area (Å²) in [5, 5.41) is 3.85. The third-order valence-electron chi connectivity index (χ3n) is 5.33. The molecule has 3 aromatic rings. The Bertz CT molecular complexity index is 1320. The van der Waals surface area contributed by atoms with Gasteiger partial charge in [-0.15, -0.1) is 11.3 Å². The largest absolute Gasteiger partial charge is 0.373 e. The smallest absolute Gasteiger partial charge is 0.257 e. The van der Waals surface area contributed by atoms with Gasteiger partial charge >= 0.3 is 0 Å². The number of hydrogen-bond acceptors (Lipinski definition) is 6. The number of aryl methyl sites for hydroxylation is 1. The summed E-state index contributed by atoms with van der Waals surface area (Å²) in [7, 11) is -3.91. The molecule has 180 valence electrons. The van der Waals surface area contributed by atoms with Crippen LogP contribution in [0.5, 0.6) is 0 Å². The van der Waals surface area contributed by atoms with Crippen LogP contribution in [0.3, 0.4) is 0 Å². The normalized spacial score (nSPS) is 19.2. The van der Waals surface area contributed by atoms with E-state index < -0.39 is 15.9 Å². The highest BCUT2D eigenvalue weighted by atomic mass is 35.5. The van der Waals surface area contributed by atoms with Gasteiger partial charge < -0.3 is 4.74 Å². The zero-order valence-electron chi connectivity index (χ0n) is 18.7. The number of thiazole rings is 1. The van der Waals surface area contributed by atoms with Crippen molar-refractivity contribution in [3.05, 3.63) is 63.0 Å². The predicted octanol–water partition coefficient (Wildman–Crippen LogP) is 5.48. The highest BCUT2D eigenvalue weighted by Gasteiger charge is 2.34. The molecule has 0 bridgehead atoms. The van der Waals surface area contributed by atoms with E-state index in [1.54, 1.807) is 12.1 Å². The molecule has 2 unspecified atom stereocenters. The van der Waals surface area contributed by atoms with Crippen molar-refractivity contribution in [1.82, 2.24) is 9.29 Å². The molecule has 4 rings (SSSR count). The number of nitrogens with one attached hydrogen (secondary N) is 1. The van der Waals surface area contributed by atoms with E-state index in [0.717, 1.165) is 16.1 Å². The number of anilines is 1. The zero-order valence-corrected chi connectivity index (χ0v) is 21.9. The van der Waals surface area contributed by atoms with Gasteiger partial charge in [-0.3, -0.25) is 10.1 Å². The molecule has 2 aromatic carbocycles. The second-order valence-electron chi connectivity index (χ2n) is 8.11. The molecule has 0 saturated carbocycles. The van der Waals surface area contributed by atoms with Gasteiger partial charge in [0.2, 0.25) is 10.0 Å². The molecule has 0 radical (unpaired) electrons. The molecular weight excluding hydrogens is 517 g/mol. The molecule has 1 aliphatic rings. The van der Waals surface area contributed by atoms with E-state index >= 15 is 0 Å². The molecule has 2 atom stereocenters. The van der Waals surface area contributed by atoms with Crippen LogP contribution in [-0.4, -0.2) is 48.9 Å². The molecule has 1 fully saturated rings. The Balaban J connectivity index is 1.58. The lowest BCUT2D eigenvalue weighted by Crippen LogP contribution is -2.48. The van der Waals surface area contributed by atoms with Crippen molar-refractivity contribution in [3.8, 4) is 11.3 Å². The Kier molecular flexibility index (Phi) is 7.33. The predicted molar refractivity (Wildman–Crippen MR) is 135 cm³/mol. The fourth-order valence-corrected chi connectivity index (χ4v) is 6.85. The average molecular weight is 540 g/mol. The van der Waals surface area contributed by atoms with Gasteiger partial charge in [0.1, 0.15) is 4.90 Å². The average Bonchev–Trinajstić information content (AvgIpc) is 3.13. The standard InChI is InChI=1S/C23H23Cl2N3O4S2/c1-13-11-28(12-14(2)32-13)34(30,31)20-10-17(6-9-19(20)25)22(29)27-23-26-21(15(3)33-23)16-4-7-18(24)8-5-16/h4-10,13-14H,11-12H2,1-3H3,(H,26,27,29). The maximum atomic E-state index is 13.3. The van der Waals surface area contributed by atoms with Crippen LogP contribution in [0.1, 0.15) is 29.1 Å². The third-order valence-corrected chi connectivity index (χ3v) is 8.78. The number of sulfonamides is 1. The first kappa shape index (κ1) is 25.1. The molecule has 34 heavy (non-hydrogen) atoms. The van der Waals surface area contributed by atoms with Crippen molar-refractivity contribution in [2.75, 3.05) is 18.4 Å². The lowest BCUT2D eigenvalue weighted by Gasteiger charge is -2.34. The first-order chi connectivity index (χ1) is 16.0. The number of halogens is 2. The summed E-state index contributed by atoms with van der Waals surface area (Å²) < 4.78 is 33.6. The number of rotatable bonds is 5. The summed E-state index contributed by atoms with van der Waals surface area (Å²) in [6.45, 7) is 5.97. The molecular formula is C23H23Cl2N3O4S2. The Morgan fingerprint density at radius 2 is 1.76 bits per heavy atom. The summed E-state index contributed by atoms with van der Waals surface area (Å²) in [4.78, 5) is 18.3. The topological polar surface area (TPSA) is 88.6 Å². The minimum atomic E-state index is -3.91. The molecule has 1 aliphatic heterocycles. The molecule has 1 amide bonds. The first-order valence-electron chi connectivity index (χ1n) is 10.5. The molecule has 7 nitrogen and oxygen atoms in total. The zero-order chi connectivity index (χ0) is 24.6. The van der Waals surface area contributed by atoms with E-state index in [9.17, 15) is 13.2 Å². The van der Waals surface area contributed by atoms with Crippen LogP contribution in [0.15, 0.2) is 47.4 Å². The quantitative estimate of drug-likeness (QED) is 0.463. The fraction of sp³-hybridized carbons (Fsp3) is 0.304. The van der Waals surface area contributed by atoms with Crippen LogP contribution in [0.4, 0.5) is 5.13 Å². The van der Waals surface area contributed by atoms with Crippen molar-refractivity contribution >= 4 is 55.6 Å². The molecule has 0 spiro atoms. The summed E-state index contributed by atoms with van der Waals surface area (Å²) in [5.74, 6) is -0.478. The van der Waals surface area contributed by atoms with Gasteiger partial charge in [-0.25, -0.2) is 13.4 Å². The summed E-state index contributed by atoms with van der Waals surface area (Å²) in [5.41, 5.74) is 1.79. The fourth-order valence-electron chi connectivity index (χ4n) is 3.80. The minimum Gasteiger partial charge on any atom is -0.373 e. The van der Waals surface area contributed by atoms with E-state index in [-0.39, 0.29) is 40.8 Å². The molecule has 11 heteroatoms. The monoisotopic (exact) mass is 539 g/mol. The number of amides is 1. The summed E-state index contributed by atoms with van der Waals surface area (Å²) in [6, 6.07) is 11.5. The van der Waals surface area contributed by atoms with Gasteiger partial charge in [0.05, 0.1) is 22.9 Å². The van der Waals surface area contributed by atoms with Gasteiger partial charge in [0, 0.05) is 34.1 Å². The van der Waals surface area contributed by atoms with E-state index in [2.05, 4.69) is 10.3 Å². The van der Waals surface area contributed by atoms with E-state index in [1.165, 1.54) is 33.8 Å². The maximum absolute atomic E-state index is 13.3. The van der Waals surface area contributed by atoms with E-state index in [1.807, 2.05) is 32.9 Å². The van der Waals surface area contributed by atoms with Crippen LogP contribution in [0.25, 0.3) is 11.3 Å². The first-order valence-corrected chi connectivity index (χ1v) is 13.6. The number of hydrogen-bond donors (Lipinski definition) is 1. The summed E-state index contributed by atoms with van der Waals surface area (Å²) in [6.07, 6.45) is -0.487. The van der Waals surface area contributed by atoms with Gasteiger partial charge in [-0.2, -0.15) is 4.31 Å². The Hall–Kier alpha value is -2.01. The lowest BCUT2D eigenvalue weighted by atomic mass is 10.1. The molecule has 1 aromatic heterocycles. The number of aromatic nitrogens is 1. The number of nitrogens with zero attached hydrogens (tertiary/aromatic N) is 2. The molecule has 1 saturated heterocycles. The van der Waals surface area contributed by atoms with Crippen molar-refractivity contribution < 1.29 is 17.9 Å². The highest BCUT2D eigenvalue weighted by Crippen LogP contribution is 2.32. The lowest BCUT2D eigenvalue weighted by molar-refractivity contribution is -0.0440. The van der Waals surface area contributed by atoms with Crippen LogP contribution in [0, 0.1) is 6.92 Å². The van der Waals surface area contributed by atoms with Crippen LogP contribution >= 0.6 is 34.5 Å². The Morgan fingerprint density at radius 1 is 1.12 bits per heavy atom. The number of carbonyl (C=O) groups is 1. The van der Waals surface area contributed by atoms with Crippen LogP contribution < -0.4 is 5.32 Å². The summed E-state index contributed by atoms with van der Waals surface area (Å²) >= 11 is 13.5. The molecule has 1 N–H and O–H groups in total. The molecule has 2 heterocycles. The van der Waals surface area contributed by atoms with E-state index in [4.69, 9.17) is 27.9 Å². The van der Waals surface area contributed by atoms with Crippen molar-refractivity contribution in [3.63, 3.8) is 0 Å². The van der Waals surface area contributed by atoms with Crippen molar-refractivity contribution in [1.29, 1.82) is 0 Å². The third kappa shape index (κ3) is 5.30. The SMILES string of the molecule is Cc1sc(NC(=O)c2ccc(Cl)c(S(=O)(=O)N3CC(C)OC(C)C3)c2)nc1-c1ccc(Cl)cc1. The van der Waals surface area contributed by atoms with Crippen LogP contribution in [-0.2, 0) is 14.8 Å². The van der Waals surface area contributed by atoms with Gasteiger partial charge in [0.25, 0.3) is 5.91 Å². The van der Waals surface area contributed by atoms with Gasteiger partial charge in [0.15, 0.2) is 5.13 Å². The number of carbonyl (C=O) groups excluding carboxylic acids is 1. The minimum absolute atomic E-state index is 0.0541. The molecule has 0 aliphatic carbocycles. The number of benzene rings is 2. The van der Waals surface area contributed by atoms with Gasteiger partial charge in [-0.1, -0.05) is 35.3 Å². The second-order valence-corrected chi connectivity index (χ2v) is 12.1. The van der Waals surface area contributed by atoms with Crippen LogP contribution in [0.2, 0.25) is 10.0 Å². The highest BCUT2D eigenvalue weighted by molar-refractivity contribution is 7.89.